The molecular weight excluding hydrogens is 568 g/mol. The Morgan fingerprint density at radius 1 is 0.905 bits per heavy atom. The van der Waals surface area contributed by atoms with Crippen LogP contribution in [0.4, 0.5) is 0 Å². The molecule has 0 aliphatic carbocycles. The van der Waals surface area contributed by atoms with Crippen LogP contribution in [0.25, 0.3) is 16.7 Å². The summed E-state index contributed by atoms with van der Waals surface area (Å²) in [6, 6.07) is 28.2. The third-order valence-corrected chi connectivity index (χ3v) is 9.46. The summed E-state index contributed by atoms with van der Waals surface area (Å²) >= 11 is 7.56. The first-order valence-electron chi connectivity index (χ1n) is 14.1. The maximum Gasteiger partial charge on any atom is 0.265 e. The lowest BCUT2D eigenvalue weighted by Crippen LogP contribution is -2.50. The molecule has 2 aromatic heterocycles. The highest BCUT2D eigenvalue weighted by atomic mass is 35.5. The van der Waals surface area contributed by atoms with Crippen molar-refractivity contribution in [1.82, 2.24) is 29.1 Å². The Hall–Kier alpha value is -3.92. The Kier molecular flexibility index (Phi) is 7.31. The first-order valence-corrected chi connectivity index (χ1v) is 15.4. The lowest BCUT2D eigenvalue weighted by Gasteiger charge is -2.40. The van der Waals surface area contributed by atoms with E-state index >= 15 is 0 Å². The van der Waals surface area contributed by atoms with Crippen molar-refractivity contribution in [1.29, 1.82) is 0 Å². The van der Waals surface area contributed by atoms with E-state index in [9.17, 15) is 9.59 Å². The number of amides is 1. The van der Waals surface area contributed by atoms with E-state index in [1.54, 1.807) is 27.6 Å². The second kappa shape index (κ2) is 11.4. The van der Waals surface area contributed by atoms with Gasteiger partial charge in [-0.3, -0.25) is 19.1 Å². The summed E-state index contributed by atoms with van der Waals surface area (Å²) in [7, 11) is 0. The second-order valence-electron chi connectivity index (χ2n) is 10.6. The Morgan fingerprint density at radius 3 is 2.19 bits per heavy atom. The zero-order valence-corrected chi connectivity index (χ0v) is 24.4. The van der Waals surface area contributed by atoms with Gasteiger partial charge in [0.15, 0.2) is 10.8 Å². The number of thioether (sulfide) groups is 1. The minimum absolute atomic E-state index is 0.0768. The maximum atomic E-state index is 13.6. The van der Waals surface area contributed by atoms with Gasteiger partial charge in [-0.15, -0.1) is 0 Å². The first-order chi connectivity index (χ1) is 20.6. The van der Waals surface area contributed by atoms with Gasteiger partial charge in [0, 0.05) is 43.4 Å². The Bertz CT molecular complexity index is 1740. The minimum Gasteiger partial charge on any atom is -0.340 e. The number of piperazine rings is 1. The molecule has 2 aliphatic heterocycles. The fraction of sp³-hybridized carbons (Fsp3) is 0.250. The lowest BCUT2D eigenvalue weighted by atomic mass is 9.96. The van der Waals surface area contributed by atoms with Crippen molar-refractivity contribution in [3.05, 3.63) is 118 Å². The molecule has 42 heavy (non-hydrogen) atoms. The summed E-state index contributed by atoms with van der Waals surface area (Å²) in [4.78, 5) is 36.3. The van der Waals surface area contributed by atoms with E-state index in [-0.39, 0.29) is 30.0 Å². The van der Waals surface area contributed by atoms with Gasteiger partial charge in [0.05, 0.1) is 24.0 Å². The molecule has 0 radical (unpaired) electrons. The third-order valence-electron chi connectivity index (χ3n) is 8.11. The highest BCUT2D eigenvalue weighted by Crippen LogP contribution is 2.34. The maximum absolute atomic E-state index is 13.6. The van der Waals surface area contributed by atoms with E-state index in [1.807, 2.05) is 29.2 Å². The van der Waals surface area contributed by atoms with Crippen molar-refractivity contribution in [2.24, 2.45) is 0 Å². The second-order valence-corrected chi connectivity index (χ2v) is 12.1. The third kappa shape index (κ3) is 5.02. The number of hydrogen-bond donors (Lipinski definition) is 0. The van der Waals surface area contributed by atoms with Crippen LogP contribution in [-0.2, 0) is 4.79 Å². The molecule has 1 amide bonds. The summed E-state index contributed by atoms with van der Waals surface area (Å²) in [6.45, 7) is 2.87. The Morgan fingerprint density at radius 2 is 1.55 bits per heavy atom. The molecule has 8 nitrogen and oxygen atoms in total. The zero-order valence-electron chi connectivity index (χ0n) is 22.8. The fourth-order valence-electron chi connectivity index (χ4n) is 6.00. The van der Waals surface area contributed by atoms with Crippen molar-refractivity contribution < 1.29 is 4.79 Å². The average molecular weight is 597 g/mol. The molecule has 5 aromatic rings. The van der Waals surface area contributed by atoms with Crippen LogP contribution in [0, 0.1) is 0 Å². The first kappa shape index (κ1) is 26.9. The average Bonchev–Trinajstić information content (AvgIpc) is 3.64. The summed E-state index contributed by atoms with van der Waals surface area (Å²) in [5.74, 6) is 0.715. The highest BCUT2D eigenvalue weighted by molar-refractivity contribution is 7.99. The molecule has 10 heteroatoms. The largest absolute Gasteiger partial charge is 0.340 e. The van der Waals surface area contributed by atoms with E-state index in [4.69, 9.17) is 16.6 Å². The molecule has 0 spiro atoms. The lowest BCUT2D eigenvalue weighted by molar-refractivity contribution is -0.133. The van der Waals surface area contributed by atoms with Crippen LogP contribution in [0.1, 0.15) is 29.6 Å². The van der Waals surface area contributed by atoms with Gasteiger partial charge >= 0.3 is 0 Å². The van der Waals surface area contributed by atoms with Crippen LogP contribution in [0.15, 0.2) is 101 Å². The van der Waals surface area contributed by atoms with Gasteiger partial charge in [-0.05, 0) is 35.4 Å². The van der Waals surface area contributed by atoms with E-state index < -0.39 is 0 Å². The van der Waals surface area contributed by atoms with Gasteiger partial charge in [-0.2, -0.15) is 5.10 Å². The quantitative estimate of drug-likeness (QED) is 0.251. The number of carbonyl (C=O) groups excluding carboxylic acids is 1. The zero-order chi connectivity index (χ0) is 28.6. The van der Waals surface area contributed by atoms with E-state index in [0.717, 1.165) is 18.8 Å². The van der Waals surface area contributed by atoms with Crippen LogP contribution in [0.5, 0.6) is 0 Å². The molecule has 1 unspecified atom stereocenters. The molecule has 1 saturated heterocycles. The molecule has 212 valence electrons. The van der Waals surface area contributed by atoms with Crippen LogP contribution in [0.2, 0.25) is 5.02 Å². The Labute approximate surface area is 252 Å². The minimum atomic E-state index is -0.236. The van der Waals surface area contributed by atoms with Crippen LogP contribution < -0.4 is 5.56 Å². The van der Waals surface area contributed by atoms with Crippen LogP contribution in [-0.4, -0.2) is 67.0 Å². The molecule has 0 bridgehead atoms. The molecule has 1 fully saturated rings. The number of aromatic nitrogens is 4. The molecule has 0 saturated carbocycles. The summed E-state index contributed by atoms with van der Waals surface area (Å²) < 4.78 is 3.35. The number of carbonyl (C=O) groups is 1. The van der Waals surface area contributed by atoms with Gasteiger partial charge in [-0.25, -0.2) is 9.67 Å². The Balaban J connectivity index is 1.06. The number of hydrogen-bond acceptors (Lipinski definition) is 6. The fourth-order valence-corrected chi connectivity index (χ4v) is 7.25. The monoisotopic (exact) mass is 596 g/mol. The van der Waals surface area contributed by atoms with Crippen molar-refractivity contribution in [3.8, 4) is 5.69 Å². The number of rotatable bonds is 6. The number of nitrogens with zero attached hydrogens (tertiary/aromatic N) is 6. The van der Waals surface area contributed by atoms with Gasteiger partial charge in [-0.1, -0.05) is 84.0 Å². The SMILES string of the molecule is O=C(CC1CSc2nc3c(cnn3-c3ccc(Cl)cc3)c(=O)n21)N1CCN(C(c2ccccc2)c2ccccc2)CC1. The van der Waals surface area contributed by atoms with Crippen molar-refractivity contribution in [2.75, 3.05) is 31.9 Å². The predicted molar refractivity (Wildman–Crippen MR) is 165 cm³/mol. The van der Waals surface area contributed by atoms with Gasteiger partial charge in [0.2, 0.25) is 5.91 Å². The summed E-state index contributed by atoms with van der Waals surface area (Å²) in [5.41, 5.74) is 3.63. The molecular formula is C32H29ClN6O2S. The number of fused-ring (bicyclic) bond motifs is 2. The summed E-state index contributed by atoms with van der Waals surface area (Å²) in [6.07, 6.45) is 1.84. The molecule has 0 N–H and O–H groups in total. The van der Waals surface area contributed by atoms with E-state index in [2.05, 4.69) is 58.5 Å². The van der Waals surface area contributed by atoms with Crippen molar-refractivity contribution in [3.63, 3.8) is 0 Å². The molecule has 4 heterocycles. The van der Waals surface area contributed by atoms with Crippen LogP contribution in [0.3, 0.4) is 0 Å². The topological polar surface area (TPSA) is 76.3 Å². The summed E-state index contributed by atoms with van der Waals surface area (Å²) in [5, 5.41) is 6.12. The molecule has 1 atom stereocenters. The standard InChI is InChI=1S/C32H29ClN6O2S/c33-24-11-13-25(14-12-24)39-30-27(20-34-39)31(41)38-26(21-42-32(38)35-30)19-28(40)36-15-17-37(18-16-36)29(22-7-3-1-4-8-22)23-9-5-2-6-10-23/h1-14,20,26,29H,15-19,21H2. The van der Waals surface area contributed by atoms with E-state index in [1.165, 1.54) is 22.9 Å². The molecule has 2 aliphatic rings. The molecule has 3 aromatic carbocycles. The number of benzene rings is 3. The van der Waals surface area contributed by atoms with Crippen molar-refractivity contribution in [2.45, 2.75) is 23.7 Å². The highest BCUT2D eigenvalue weighted by Gasteiger charge is 2.33. The predicted octanol–water partition coefficient (Wildman–Crippen LogP) is 5.21. The molecule has 7 rings (SSSR count). The van der Waals surface area contributed by atoms with Gasteiger partial charge in [0.1, 0.15) is 5.39 Å². The van der Waals surface area contributed by atoms with Gasteiger partial charge in [0.25, 0.3) is 5.56 Å². The normalized spacial score (nSPS) is 17.2. The van der Waals surface area contributed by atoms with E-state index in [0.29, 0.717) is 40.1 Å². The van der Waals surface area contributed by atoms with Gasteiger partial charge < -0.3 is 4.90 Å². The van der Waals surface area contributed by atoms with Crippen LogP contribution >= 0.6 is 23.4 Å². The van der Waals surface area contributed by atoms with Crippen molar-refractivity contribution >= 4 is 40.3 Å². The number of halogens is 1. The smallest absolute Gasteiger partial charge is 0.265 e.